The highest BCUT2D eigenvalue weighted by molar-refractivity contribution is 6.30. The van der Waals surface area contributed by atoms with Gasteiger partial charge in [-0.05, 0) is 41.0 Å². The second kappa shape index (κ2) is 6.54. The van der Waals surface area contributed by atoms with Crippen LogP contribution in [0.15, 0.2) is 61.2 Å². The largest absolute Gasteiger partial charge is 0.497 e. The van der Waals surface area contributed by atoms with Crippen LogP contribution in [0.2, 0.25) is 5.02 Å². The van der Waals surface area contributed by atoms with Crippen LogP contribution in [0.25, 0.3) is 0 Å². The average Bonchev–Trinajstić information content (AvgIpc) is 3.28. The molecule has 0 aliphatic carbocycles. The maximum Gasteiger partial charge on any atom is 0.121 e. The molecule has 0 amide bonds. The van der Waals surface area contributed by atoms with Crippen molar-refractivity contribution >= 4 is 11.6 Å². The number of nitrogens with zero attached hydrogens (tertiary/aromatic N) is 2. The molecule has 1 aliphatic heterocycles. The standard InChI is InChI=1S/C20H19ClN2O2/c1-24-18-5-2-16(3-6-18)20(8-10-23-11-9-22-14-23)19-7-4-17(21)12-15(19)13-25-20/h2-7,9,11-12,14H,8,10,13H2,1H3. The smallest absolute Gasteiger partial charge is 0.121 e. The van der Waals surface area contributed by atoms with E-state index in [0.29, 0.717) is 6.61 Å². The summed E-state index contributed by atoms with van der Waals surface area (Å²) in [6, 6.07) is 14.1. The molecule has 3 aromatic rings. The molecular formula is C20H19ClN2O2. The van der Waals surface area contributed by atoms with E-state index in [4.69, 9.17) is 21.1 Å². The second-order valence-electron chi connectivity index (χ2n) is 6.20. The van der Waals surface area contributed by atoms with Gasteiger partial charge in [-0.15, -0.1) is 0 Å². The fourth-order valence-electron chi connectivity index (χ4n) is 3.51. The Kier molecular flexibility index (Phi) is 4.24. The second-order valence-corrected chi connectivity index (χ2v) is 6.63. The number of fused-ring (bicyclic) bond motifs is 1. The van der Waals surface area contributed by atoms with Crippen molar-refractivity contribution in [3.8, 4) is 5.75 Å². The third kappa shape index (κ3) is 2.92. The summed E-state index contributed by atoms with van der Waals surface area (Å²) in [7, 11) is 1.67. The van der Waals surface area contributed by atoms with Gasteiger partial charge in [0, 0.05) is 30.4 Å². The highest BCUT2D eigenvalue weighted by Crippen LogP contribution is 2.45. The van der Waals surface area contributed by atoms with Crippen LogP contribution in [-0.2, 0) is 23.5 Å². The Hall–Kier alpha value is -2.30. The molecule has 1 aliphatic rings. The van der Waals surface area contributed by atoms with E-state index in [1.165, 1.54) is 5.56 Å². The molecule has 1 unspecified atom stereocenters. The lowest BCUT2D eigenvalue weighted by Gasteiger charge is -2.31. The lowest BCUT2D eigenvalue weighted by atomic mass is 9.83. The van der Waals surface area contributed by atoms with Gasteiger partial charge in [-0.1, -0.05) is 29.8 Å². The van der Waals surface area contributed by atoms with Gasteiger partial charge < -0.3 is 14.0 Å². The van der Waals surface area contributed by atoms with Crippen molar-refractivity contribution in [3.05, 3.63) is 82.9 Å². The lowest BCUT2D eigenvalue weighted by molar-refractivity contribution is -0.0146. The van der Waals surface area contributed by atoms with Crippen LogP contribution in [0.1, 0.15) is 23.1 Å². The van der Waals surface area contributed by atoms with Crippen LogP contribution < -0.4 is 4.74 Å². The number of imidazole rings is 1. The van der Waals surface area contributed by atoms with E-state index in [1.54, 1.807) is 13.3 Å². The first kappa shape index (κ1) is 16.2. The van der Waals surface area contributed by atoms with Crippen molar-refractivity contribution in [2.75, 3.05) is 7.11 Å². The van der Waals surface area contributed by atoms with Crippen molar-refractivity contribution in [1.29, 1.82) is 0 Å². The Morgan fingerprint density at radius 2 is 2.08 bits per heavy atom. The van der Waals surface area contributed by atoms with Crippen LogP contribution >= 0.6 is 11.6 Å². The van der Waals surface area contributed by atoms with Gasteiger partial charge in [0.25, 0.3) is 0 Å². The Morgan fingerprint density at radius 1 is 1.24 bits per heavy atom. The first-order valence-electron chi connectivity index (χ1n) is 8.24. The number of methoxy groups -OCH3 is 1. The van der Waals surface area contributed by atoms with E-state index in [1.807, 2.05) is 36.8 Å². The van der Waals surface area contributed by atoms with E-state index in [2.05, 4.69) is 27.8 Å². The molecule has 1 aromatic heterocycles. The van der Waals surface area contributed by atoms with Gasteiger partial charge in [0.15, 0.2) is 0 Å². The molecule has 0 fully saturated rings. The summed E-state index contributed by atoms with van der Waals surface area (Å²) in [6.07, 6.45) is 6.41. The normalized spacial score (nSPS) is 19.0. The minimum absolute atomic E-state index is 0.490. The Balaban J connectivity index is 1.76. The molecule has 0 bridgehead atoms. The van der Waals surface area contributed by atoms with E-state index in [0.717, 1.165) is 34.9 Å². The molecular weight excluding hydrogens is 336 g/mol. The molecule has 0 N–H and O–H groups in total. The van der Waals surface area contributed by atoms with E-state index in [-0.39, 0.29) is 0 Å². The van der Waals surface area contributed by atoms with Crippen LogP contribution in [0.5, 0.6) is 5.75 Å². The summed E-state index contributed by atoms with van der Waals surface area (Å²) in [5, 5.41) is 0.738. The van der Waals surface area contributed by atoms with Gasteiger partial charge >= 0.3 is 0 Å². The third-order valence-corrected chi connectivity index (χ3v) is 5.05. The molecule has 25 heavy (non-hydrogen) atoms. The predicted molar refractivity (Wildman–Crippen MR) is 96.9 cm³/mol. The Morgan fingerprint density at radius 3 is 2.80 bits per heavy atom. The number of hydrogen-bond acceptors (Lipinski definition) is 3. The molecule has 0 saturated heterocycles. The molecule has 5 heteroatoms. The summed E-state index contributed by atoms with van der Waals surface area (Å²) in [5.74, 6) is 0.836. The molecule has 2 aromatic carbocycles. The van der Waals surface area contributed by atoms with E-state index >= 15 is 0 Å². The average molecular weight is 355 g/mol. The molecule has 0 radical (unpaired) electrons. The zero-order valence-corrected chi connectivity index (χ0v) is 14.7. The Bertz CT molecular complexity index is 862. The molecule has 4 nitrogen and oxygen atoms in total. The quantitative estimate of drug-likeness (QED) is 0.681. The van der Waals surface area contributed by atoms with Gasteiger partial charge in [0.2, 0.25) is 0 Å². The van der Waals surface area contributed by atoms with Crippen LogP contribution in [-0.4, -0.2) is 16.7 Å². The summed E-state index contributed by atoms with van der Waals surface area (Å²) >= 11 is 6.18. The van der Waals surface area contributed by atoms with Gasteiger partial charge in [-0.3, -0.25) is 0 Å². The zero-order valence-electron chi connectivity index (χ0n) is 14.0. The topological polar surface area (TPSA) is 36.3 Å². The number of aromatic nitrogens is 2. The number of hydrogen-bond donors (Lipinski definition) is 0. The Labute approximate surface area is 152 Å². The maximum absolute atomic E-state index is 6.39. The molecule has 1 atom stereocenters. The van der Waals surface area contributed by atoms with Crippen LogP contribution in [0.3, 0.4) is 0 Å². The first-order valence-corrected chi connectivity index (χ1v) is 8.62. The molecule has 128 valence electrons. The number of ether oxygens (including phenoxy) is 2. The van der Waals surface area contributed by atoms with Gasteiger partial charge in [-0.2, -0.15) is 0 Å². The fraction of sp³-hybridized carbons (Fsp3) is 0.250. The monoisotopic (exact) mass is 354 g/mol. The number of aryl methyl sites for hydroxylation is 1. The lowest BCUT2D eigenvalue weighted by Crippen LogP contribution is -2.28. The summed E-state index contributed by atoms with van der Waals surface area (Å²) < 4.78 is 13.8. The van der Waals surface area contributed by atoms with Crippen LogP contribution in [0, 0.1) is 0 Å². The molecule has 2 heterocycles. The molecule has 0 saturated carbocycles. The number of benzene rings is 2. The minimum Gasteiger partial charge on any atom is -0.497 e. The summed E-state index contributed by atoms with van der Waals surface area (Å²) in [5.41, 5.74) is 2.96. The van der Waals surface area contributed by atoms with E-state index in [9.17, 15) is 0 Å². The van der Waals surface area contributed by atoms with E-state index < -0.39 is 5.60 Å². The SMILES string of the molecule is COc1ccc(C2(CCn3ccnc3)OCc3cc(Cl)ccc32)cc1. The van der Waals surface area contributed by atoms with Gasteiger partial charge in [0.1, 0.15) is 11.4 Å². The highest BCUT2D eigenvalue weighted by Gasteiger charge is 2.41. The summed E-state index contributed by atoms with van der Waals surface area (Å²) in [6.45, 7) is 1.37. The fourth-order valence-corrected chi connectivity index (χ4v) is 3.70. The number of halogens is 1. The zero-order chi connectivity index (χ0) is 17.3. The minimum atomic E-state index is -0.490. The first-order chi connectivity index (χ1) is 12.2. The van der Waals surface area contributed by atoms with Crippen molar-refractivity contribution in [1.82, 2.24) is 9.55 Å². The highest BCUT2D eigenvalue weighted by atomic mass is 35.5. The third-order valence-electron chi connectivity index (χ3n) is 4.81. The number of rotatable bonds is 5. The maximum atomic E-state index is 6.39. The van der Waals surface area contributed by atoms with Crippen molar-refractivity contribution in [3.63, 3.8) is 0 Å². The predicted octanol–water partition coefficient (Wildman–Crippen LogP) is 4.41. The molecule has 0 spiro atoms. The molecule has 4 rings (SSSR count). The van der Waals surface area contributed by atoms with Gasteiger partial charge in [0.05, 0.1) is 20.0 Å². The van der Waals surface area contributed by atoms with Crippen molar-refractivity contribution in [2.45, 2.75) is 25.2 Å². The van der Waals surface area contributed by atoms with Gasteiger partial charge in [-0.25, -0.2) is 4.98 Å². The van der Waals surface area contributed by atoms with Crippen molar-refractivity contribution < 1.29 is 9.47 Å². The van der Waals surface area contributed by atoms with Crippen molar-refractivity contribution in [2.24, 2.45) is 0 Å². The summed E-state index contributed by atoms with van der Waals surface area (Å²) in [4.78, 5) is 4.13. The van der Waals surface area contributed by atoms with Crippen LogP contribution in [0.4, 0.5) is 0 Å².